The number of aromatic amines is 1. The van der Waals surface area contributed by atoms with E-state index in [-0.39, 0.29) is 17.5 Å². The van der Waals surface area contributed by atoms with E-state index in [2.05, 4.69) is 11.1 Å². The Labute approximate surface area is 207 Å². The number of carboxylic acid groups (broad SMARTS) is 1. The standard InChI is InChI=1S/C29H24N2O5/c1-36-29(35)20-12-10-19(11-13-20)27-26-23(22-7-2-3-8-24(22)30-26)15-16-31(27)25(32)14-9-18-5-4-6-21(17-18)28(33)34/h2-14,17,27,30H,15-16H2,1H3,(H,33,34). The van der Waals surface area contributed by atoms with E-state index >= 15 is 0 Å². The number of amides is 1. The van der Waals surface area contributed by atoms with Gasteiger partial charge in [-0.2, -0.15) is 0 Å². The number of esters is 1. The number of fused-ring (bicyclic) bond motifs is 3. The van der Waals surface area contributed by atoms with Gasteiger partial charge in [0.25, 0.3) is 0 Å². The summed E-state index contributed by atoms with van der Waals surface area (Å²) in [6, 6.07) is 21.2. The molecular weight excluding hydrogens is 456 g/mol. The average molecular weight is 481 g/mol. The summed E-state index contributed by atoms with van der Waals surface area (Å²) in [4.78, 5) is 42.0. The Kier molecular flexibility index (Phi) is 6.12. The number of ether oxygens (including phenoxy) is 1. The normalized spacial score (nSPS) is 15.1. The molecule has 2 heterocycles. The Hall–Kier alpha value is -4.65. The number of carboxylic acids is 1. The summed E-state index contributed by atoms with van der Waals surface area (Å²) in [6.45, 7) is 0.511. The summed E-state index contributed by atoms with van der Waals surface area (Å²) in [6.07, 6.45) is 3.81. The Balaban J connectivity index is 1.53. The Morgan fingerprint density at radius 3 is 2.53 bits per heavy atom. The fourth-order valence-corrected chi connectivity index (χ4v) is 4.78. The number of nitrogens with one attached hydrogen (secondary N) is 1. The second-order valence-corrected chi connectivity index (χ2v) is 8.62. The molecule has 7 nitrogen and oxygen atoms in total. The molecule has 0 saturated carbocycles. The van der Waals surface area contributed by atoms with Crippen molar-refractivity contribution in [2.75, 3.05) is 13.7 Å². The summed E-state index contributed by atoms with van der Waals surface area (Å²) in [5, 5.41) is 10.4. The van der Waals surface area contributed by atoms with Crippen molar-refractivity contribution in [1.82, 2.24) is 9.88 Å². The van der Waals surface area contributed by atoms with Crippen molar-refractivity contribution in [1.29, 1.82) is 0 Å². The van der Waals surface area contributed by atoms with Crippen LogP contribution in [0, 0.1) is 0 Å². The molecule has 2 N–H and O–H groups in total. The molecule has 1 atom stereocenters. The van der Waals surface area contributed by atoms with Crippen molar-refractivity contribution < 1.29 is 24.2 Å². The van der Waals surface area contributed by atoms with Crippen molar-refractivity contribution in [3.63, 3.8) is 0 Å². The fraction of sp³-hybridized carbons (Fsp3) is 0.138. The van der Waals surface area contributed by atoms with Crippen LogP contribution in [-0.4, -0.2) is 46.5 Å². The predicted octanol–water partition coefficient (Wildman–Crippen LogP) is 4.84. The number of aromatic carboxylic acids is 1. The zero-order valence-corrected chi connectivity index (χ0v) is 19.6. The number of aromatic nitrogens is 1. The van der Waals surface area contributed by atoms with E-state index in [9.17, 15) is 19.5 Å². The molecular formula is C29H24N2O5. The van der Waals surface area contributed by atoms with Crippen LogP contribution in [0.2, 0.25) is 0 Å². The molecule has 1 aliphatic rings. The van der Waals surface area contributed by atoms with Gasteiger partial charge in [0.05, 0.1) is 24.3 Å². The molecule has 36 heavy (non-hydrogen) atoms. The summed E-state index contributed by atoms with van der Waals surface area (Å²) >= 11 is 0. The lowest BCUT2D eigenvalue weighted by Crippen LogP contribution is -2.39. The second-order valence-electron chi connectivity index (χ2n) is 8.62. The van der Waals surface area contributed by atoms with Crippen molar-refractivity contribution in [2.45, 2.75) is 12.5 Å². The predicted molar refractivity (Wildman–Crippen MR) is 136 cm³/mol. The largest absolute Gasteiger partial charge is 0.478 e. The maximum absolute atomic E-state index is 13.5. The first-order valence-electron chi connectivity index (χ1n) is 11.6. The lowest BCUT2D eigenvalue weighted by Gasteiger charge is -2.35. The highest BCUT2D eigenvalue weighted by Crippen LogP contribution is 2.38. The van der Waals surface area contributed by atoms with E-state index in [4.69, 9.17) is 4.74 Å². The van der Waals surface area contributed by atoms with Crippen molar-refractivity contribution in [2.24, 2.45) is 0 Å². The summed E-state index contributed by atoms with van der Waals surface area (Å²) in [5.41, 5.74) is 5.22. The smallest absolute Gasteiger partial charge is 0.337 e. The molecule has 0 radical (unpaired) electrons. The minimum absolute atomic E-state index is 0.161. The lowest BCUT2D eigenvalue weighted by molar-refractivity contribution is -0.128. The number of H-pyrrole nitrogens is 1. The fourth-order valence-electron chi connectivity index (χ4n) is 4.78. The van der Waals surface area contributed by atoms with Crippen molar-refractivity contribution >= 4 is 34.8 Å². The number of methoxy groups -OCH3 is 1. The first kappa shape index (κ1) is 23.1. The molecule has 1 unspecified atom stereocenters. The number of nitrogens with zero attached hydrogens (tertiary/aromatic N) is 1. The van der Waals surface area contributed by atoms with Crippen LogP contribution in [0.15, 0.2) is 78.9 Å². The molecule has 0 bridgehead atoms. The van der Waals surface area contributed by atoms with Gasteiger partial charge >= 0.3 is 11.9 Å². The summed E-state index contributed by atoms with van der Waals surface area (Å²) in [5.74, 6) is -1.63. The highest BCUT2D eigenvalue weighted by Gasteiger charge is 2.33. The van der Waals surface area contributed by atoms with E-state index in [1.54, 1.807) is 35.2 Å². The Morgan fingerprint density at radius 1 is 1.00 bits per heavy atom. The van der Waals surface area contributed by atoms with Crippen molar-refractivity contribution in [3.8, 4) is 0 Å². The Bertz CT molecular complexity index is 1500. The highest BCUT2D eigenvalue weighted by molar-refractivity contribution is 5.94. The van der Waals surface area contributed by atoms with E-state index in [1.807, 2.05) is 30.3 Å². The van der Waals surface area contributed by atoms with Crippen LogP contribution in [0.25, 0.3) is 17.0 Å². The quantitative estimate of drug-likeness (QED) is 0.315. The third kappa shape index (κ3) is 4.27. The van der Waals surface area contributed by atoms with Crippen LogP contribution in [0.4, 0.5) is 0 Å². The topological polar surface area (TPSA) is 99.7 Å². The molecule has 0 saturated heterocycles. The number of para-hydroxylation sites is 1. The van der Waals surface area contributed by atoms with Crippen molar-refractivity contribution in [3.05, 3.63) is 112 Å². The van der Waals surface area contributed by atoms with Gasteiger partial charge in [0.2, 0.25) is 5.91 Å². The van der Waals surface area contributed by atoms with Gasteiger partial charge in [-0.25, -0.2) is 9.59 Å². The van der Waals surface area contributed by atoms with Crippen LogP contribution in [-0.2, 0) is 16.0 Å². The minimum Gasteiger partial charge on any atom is -0.478 e. The summed E-state index contributed by atoms with van der Waals surface area (Å²) < 4.78 is 4.82. The Morgan fingerprint density at radius 2 is 1.78 bits per heavy atom. The molecule has 0 aliphatic carbocycles. The molecule has 1 aromatic heterocycles. The van der Waals surface area contributed by atoms with Crippen LogP contribution >= 0.6 is 0 Å². The molecule has 1 amide bonds. The number of rotatable bonds is 5. The van der Waals surface area contributed by atoms with Crippen LogP contribution < -0.4 is 0 Å². The zero-order chi connectivity index (χ0) is 25.2. The van der Waals surface area contributed by atoms with E-state index < -0.39 is 11.9 Å². The number of carbonyl (C=O) groups is 3. The summed E-state index contributed by atoms with van der Waals surface area (Å²) in [7, 11) is 1.34. The molecule has 3 aromatic carbocycles. The molecule has 1 aliphatic heterocycles. The molecule has 4 aromatic rings. The first-order chi connectivity index (χ1) is 17.5. The SMILES string of the molecule is COC(=O)c1ccc(C2c3[nH]c4ccccc4c3CCN2C(=O)C=Cc2cccc(C(=O)O)c2)cc1. The van der Waals surface area contributed by atoms with Gasteiger partial charge in [-0.1, -0.05) is 42.5 Å². The maximum atomic E-state index is 13.5. The molecule has 5 rings (SSSR count). The molecule has 180 valence electrons. The number of hydrogen-bond acceptors (Lipinski definition) is 4. The molecule has 7 heteroatoms. The van der Waals surface area contributed by atoms with E-state index in [0.717, 1.165) is 22.2 Å². The lowest BCUT2D eigenvalue weighted by atomic mass is 9.91. The minimum atomic E-state index is -1.02. The van der Waals surface area contributed by atoms with Gasteiger partial charge < -0.3 is 19.7 Å². The second kappa shape index (κ2) is 9.54. The molecule has 0 spiro atoms. The number of carbonyl (C=O) groups excluding carboxylic acids is 2. The monoisotopic (exact) mass is 480 g/mol. The number of hydrogen-bond donors (Lipinski definition) is 2. The maximum Gasteiger partial charge on any atom is 0.337 e. The van der Waals surface area contributed by atoms with E-state index in [1.165, 1.54) is 30.9 Å². The van der Waals surface area contributed by atoms with Crippen LogP contribution in [0.1, 0.15) is 49.1 Å². The highest BCUT2D eigenvalue weighted by atomic mass is 16.5. The third-order valence-corrected chi connectivity index (χ3v) is 6.52. The van der Waals surface area contributed by atoms with Gasteiger partial charge in [0.15, 0.2) is 0 Å². The first-order valence-corrected chi connectivity index (χ1v) is 11.6. The third-order valence-electron chi connectivity index (χ3n) is 6.52. The van der Waals surface area contributed by atoms with Gasteiger partial charge in [-0.15, -0.1) is 0 Å². The van der Waals surface area contributed by atoms with Crippen LogP contribution in [0.3, 0.4) is 0 Å². The van der Waals surface area contributed by atoms with Gasteiger partial charge in [-0.05, 0) is 59.5 Å². The zero-order valence-electron chi connectivity index (χ0n) is 19.6. The molecule has 0 fully saturated rings. The van der Waals surface area contributed by atoms with Crippen LogP contribution in [0.5, 0.6) is 0 Å². The van der Waals surface area contributed by atoms with Gasteiger partial charge in [-0.3, -0.25) is 4.79 Å². The number of benzene rings is 3. The van der Waals surface area contributed by atoms with Gasteiger partial charge in [0.1, 0.15) is 0 Å². The van der Waals surface area contributed by atoms with E-state index in [0.29, 0.717) is 24.1 Å². The average Bonchev–Trinajstić information content (AvgIpc) is 3.29. The van der Waals surface area contributed by atoms with Gasteiger partial charge in [0, 0.05) is 29.2 Å².